The van der Waals surface area contributed by atoms with Gasteiger partial charge in [0.15, 0.2) is 5.13 Å². The van der Waals surface area contributed by atoms with E-state index in [-0.39, 0.29) is 6.04 Å². The van der Waals surface area contributed by atoms with Gasteiger partial charge in [0.2, 0.25) is 0 Å². The zero-order valence-electron chi connectivity index (χ0n) is 11.9. The highest BCUT2D eigenvalue weighted by Gasteiger charge is 2.24. The molecule has 1 aliphatic rings. The summed E-state index contributed by atoms with van der Waals surface area (Å²) >= 11 is 1.80. The molecule has 0 bridgehead atoms. The van der Waals surface area contributed by atoms with E-state index in [1.165, 1.54) is 33.9 Å². The maximum Gasteiger partial charge on any atom is 0.194 e. The predicted octanol–water partition coefficient (Wildman–Crippen LogP) is 3.45. The summed E-state index contributed by atoms with van der Waals surface area (Å²) < 4.78 is 2.32. The molecule has 0 saturated heterocycles. The van der Waals surface area contributed by atoms with Crippen LogP contribution in [0.3, 0.4) is 0 Å². The lowest BCUT2D eigenvalue weighted by atomic mass is 9.93. The number of nitrogens with zero attached hydrogens (tertiary/aromatic N) is 2. The Morgan fingerprint density at radius 1 is 1.47 bits per heavy atom. The molecule has 0 fully saturated rings. The van der Waals surface area contributed by atoms with Crippen LogP contribution in [-0.4, -0.2) is 9.55 Å². The van der Waals surface area contributed by atoms with E-state index in [4.69, 9.17) is 10.7 Å². The SMILES string of the molecule is CCc1nc(-n2c(C)cc3c2CCCC3N)sc1C. The highest BCUT2D eigenvalue weighted by molar-refractivity contribution is 7.14. The summed E-state index contributed by atoms with van der Waals surface area (Å²) in [6, 6.07) is 2.46. The van der Waals surface area contributed by atoms with Gasteiger partial charge in [-0.3, -0.25) is 4.57 Å². The van der Waals surface area contributed by atoms with E-state index in [0.717, 1.165) is 24.4 Å². The van der Waals surface area contributed by atoms with Gasteiger partial charge in [0.25, 0.3) is 0 Å². The molecule has 0 radical (unpaired) electrons. The summed E-state index contributed by atoms with van der Waals surface area (Å²) in [6.07, 6.45) is 4.41. The second-order valence-corrected chi connectivity index (χ2v) is 6.56. The van der Waals surface area contributed by atoms with Crippen LogP contribution in [0.4, 0.5) is 0 Å². The first kappa shape index (κ1) is 12.9. The number of nitrogens with two attached hydrogens (primary N) is 1. The van der Waals surface area contributed by atoms with E-state index < -0.39 is 0 Å². The fourth-order valence-corrected chi connectivity index (χ4v) is 4.12. The van der Waals surface area contributed by atoms with Crippen LogP contribution < -0.4 is 5.73 Å². The molecule has 1 unspecified atom stereocenters. The van der Waals surface area contributed by atoms with Gasteiger partial charge in [-0.15, -0.1) is 11.3 Å². The Hall–Kier alpha value is -1.13. The van der Waals surface area contributed by atoms with Crippen molar-refractivity contribution in [1.82, 2.24) is 9.55 Å². The number of aromatic nitrogens is 2. The van der Waals surface area contributed by atoms with Crippen LogP contribution in [0.25, 0.3) is 5.13 Å². The summed E-state index contributed by atoms with van der Waals surface area (Å²) in [5.74, 6) is 0. The van der Waals surface area contributed by atoms with Crippen molar-refractivity contribution in [2.24, 2.45) is 5.73 Å². The van der Waals surface area contributed by atoms with Crippen LogP contribution in [0.15, 0.2) is 6.07 Å². The molecule has 1 aliphatic carbocycles. The molecule has 2 aromatic rings. The lowest BCUT2D eigenvalue weighted by Crippen LogP contribution is -2.17. The lowest BCUT2D eigenvalue weighted by molar-refractivity contribution is 0.559. The molecule has 19 heavy (non-hydrogen) atoms. The van der Waals surface area contributed by atoms with E-state index in [1.807, 2.05) is 0 Å². The van der Waals surface area contributed by atoms with E-state index in [2.05, 4.69) is 31.4 Å². The molecule has 0 amide bonds. The van der Waals surface area contributed by atoms with Crippen molar-refractivity contribution in [1.29, 1.82) is 0 Å². The van der Waals surface area contributed by atoms with Gasteiger partial charge in [0.05, 0.1) is 5.69 Å². The second kappa shape index (κ2) is 4.76. The Kier molecular flexibility index (Phi) is 3.23. The smallest absolute Gasteiger partial charge is 0.194 e. The van der Waals surface area contributed by atoms with E-state index >= 15 is 0 Å². The Morgan fingerprint density at radius 3 is 2.95 bits per heavy atom. The predicted molar refractivity (Wildman–Crippen MR) is 80.2 cm³/mol. The van der Waals surface area contributed by atoms with Crippen molar-refractivity contribution in [3.63, 3.8) is 0 Å². The van der Waals surface area contributed by atoms with E-state index in [9.17, 15) is 0 Å². The van der Waals surface area contributed by atoms with Gasteiger partial charge in [-0.2, -0.15) is 0 Å². The van der Waals surface area contributed by atoms with Crippen LogP contribution in [0.2, 0.25) is 0 Å². The van der Waals surface area contributed by atoms with Crippen molar-refractivity contribution < 1.29 is 0 Å². The first-order chi connectivity index (χ1) is 9.11. The minimum Gasteiger partial charge on any atom is -0.324 e. The van der Waals surface area contributed by atoms with Crippen molar-refractivity contribution in [2.75, 3.05) is 0 Å². The van der Waals surface area contributed by atoms with Gasteiger partial charge < -0.3 is 5.73 Å². The quantitative estimate of drug-likeness (QED) is 0.912. The normalized spacial score (nSPS) is 18.6. The molecule has 0 aliphatic heterocycles. The Bertz CT molecular complexity index is 609. The second-order valence-electron chi connectivity index (χ2n) is 5.37. The molecule has 0 saturated carbocycles. The van der Waals surface area contributed by atoms with Gasteiger partial charge in [0, 0.05) is 22.3 Å². The topological polar surface area (TPSA) is 43.8 Å². The van der Waals surface area contributed by atoms with Gasteiger partial charge >= 0.3 is 0 Å². The summed E-state index contributed by atoms with van der Waals surface area (Å²) in [7, 11) is 0. The summed E-state index contributed by atoms with van der Waals surface area (Å²) in [4.78, 5) is 6.14. The van der Waals surface area contributed by atoms with Crippen molar-refractivity contribution in [3.05, 3.63) is 33.6 Å². The van der Waals surface area contributed by atoms with Gasteiger partial charge in [-0.1, -0.05) is 6.92 Å². The lowest BCUT2D eigenvalue weighted by Gasteiger charge is -2.20. The third kappa shape index (κ3) is 2.03. The maximum absolute atomic E-state index is 6.24. The van der Waals surface area contributed by atoms with Crippen LogP contribution in [0, 0.1) is 13.8 Å². The minimum atomic E-state index is 0.204. The summed E-state index contributed by atoms with van der Waals surface area (Å²) in [5.41, 5.74) is 11.4. The van der Waals surface area contributed by atoms with Crippen molar-refractivity contribution in [2.45, 2.75) is 52.5 Å². The largest absolute Gasteiger partial charge is 0.324 e. The number of thiazole rings is 1. The van der Waals surface area contributed by atoms with Crippen molar-refractivity contribution >= 4 is 11.3 Å². The zero-order valence-corrected chi connectivity index (χ0v) is 12.7. The van der Waals surface area contributed by atoms with Gasteiger partial charge in [-0.25, -0.2) is 4.98 Å². The molecular formula is C15H21N3S. The Balaban J connectivity index is 2.14. The molecule has 2 heterocycles. The number of hydrogen-bond donors (Lipinski definition) is 1. The average molecular weight is 275 g/mol. The monoisotopic (exact) mass is 275 g/mol. The van der Waals surface area contributed by atoms with Crippen LogP contribution >= 0.6 is 11.3 Å². The molecule has 3 nitrogen and oxygen atoms in total. The first-order valence-corrected chi connectivity index (χ1v) is 7.86. The van der Waals surface area contributed by atoms with Crippen LogP contribution in [0.5, 0.6) is 0 Å². The molecule has 3 rings (SSSR count). The summed E-state index contributed by atoms with van der Waals surface area (Å²) in [6.45, 7) is 6.49. The number of fused-ring (bicyclic) bond motifs is 1. The molecule has 102 valence electrons. The molecule has 2 N–H and O–H groups in total. The molecule has 1 atom stereocenters. The molecular weight excluding hydrogens is 254 g/mol. The summed E-state index contributed by atoms with van der Waals surface area (Å²) in [5, 5.41) is 1.11. The fraction of sp³-hybridized carbons (Fsp3) is 0.533. The third-order valence-electron chi connectivity index (χ3n) is 4.06. The van der Waals surface area contributed by atoms with Crippen LogP contribution in [-0.2, 0) is 12.8 Å². The zero-order chi connectivity index (χ0) is 13.6. The highest BCUT2D eigenvalue weighted by atomic mass is 32.1. The average Bonchev–Trinajstić information content (AvgIpc) is 2.90. The molecule has 4 heteroatoms. The number of aryl methyl sites for hydroxylation is 3. The van der Waals surface area contributed by atoms with Crippen LogP contribution in [0.1, 0.15) is 53.3 Å². The molecule has 2 aromatic heterocycles. The first-order valence-electron chi connectivity index (χ1n) is 7.05. The molecule has 0 spiro atoms. The molecule has 0 aromatic carbocycles. The van der Waals surface area contributed by atoms with E-state index in [0.29, 0.717) is 0 Å². The highest BCUT2D eigenvalue weighted by Crippen LogP contribution is 2.34. The van der Waals surface area contributed by atoms with Gasteiger partial charge in [0.1, 0.15) is 0 Å². The maximum atomic E-state index is 6.24. The van der Waals surface area contributed by atoms with Gasteiger partial charge in [-0.05, 0) is 51.2 Å². The number of rotatable bonds is 2. The van der Waals surface area contributed by atoms with E-state index in [1.54, 1.807) is 11.3 Å². The fourth-order valence-electron chi connectivity index (χ4n) is 3.04. The Morgan fingerprint density at radius 2 is 2.26 bits per heavy atom. The Labute approximate surface area is 118 Å². The minimum absolute atomic E-state index is 0.204. The standard InChI is InChI=1S/C15H21N3S/c1-4-13-10(3)19-15(17-13)18-9(2)8-11-12(16)6-5-7-14(11)18/h8,12H,4-7,16H2,1-3H3. The third-order valence-corrected chi connectivity index (χ3v) is 5.05. The van der Waals surface area contributed by atoms with Crippen molar-refractivity contribution in [3.8, 4) is 5.13 Å². The number of hydrogen-bond acceptors (Lipinski definition) is 3.